The molecule has 1 aliphatic rings. The minimum absolute atomic E-state index is 0.0108. The van der Waals surface area contributed by atoms with Crippen molar-refractivity contribution >= 4 is 5.78 Å². The lowest BCUT2D eigenvalue weighted by Crippen LogP contribution is -2.60. The molecule has 0 saturated carbocycles. The van der Waals surface area contributed by atoms with E-state index in [9.17, 15) is 25.2 Å². The molecule has 1 heterocycles. The van der Waals surface area contributed by atoms with Crippen LogP contribution in [0.4, 0.5) is 0 Å². The van der Waals surface area contributed by atoms with Crippen molar-refractivity contribution in [2.75, 3.05) is 13.7 Å². The second kappa shape index (κ2) is 14.3. The van der Waals surface area contributed by atoms with Crippen LogP contribution in [0.25, 0.3) is 0 Å². The van der Waals surface area contributed by atoms with Gasteiger partial charge in [-0.15, -0.1) is 0 Å². The van der Waals surface area contributed by atoms with Crippen molar-refractivity contribution in [1.82, 2.24) is 0 Å². The molecular formula is C34H34O10. The van der Waals surface area contributed by atoms with Crippen LogP contribution in [0, 0.1) is 0 Å². The predicted molar refractivity (Wildman–Crippen MR) is 159 cm³/mol. The van der Waals surface area contributed by atoms with Crippen LogP contribution >= 0.6 is 0 Å². The molecule has 1 fully saturated rings. The van der Waals surface area contributed by atoms with Crippen LogP contribution in [-0.2, 0) is 18.0 Å². The minimum atomic E-state index is -1.70. The van der Waals surface area contributed by atoms with Gasteiger partial charge in [0.25, 0.3) is 0 Å². The summed E-state index contributed by atoms with van der Waals surface area (Å²) in [4.78, 5) is 14.1. The molecule has 4 aromatic rings. The number of benzene rings is 4. The van der Waals surface area contributed by atoms with Crippen LogP contribution < -0.4 is 18.9 Å². The van der Waals surface area contributed by atoms with Crippen LogP contribution in [0.2, 0.25) is 0 Å². The zero-order valence-electron chi connectivity index (χ0n) is 24.0. The summed E-state index contributed by atoms with van der Waals surface area (Å²) < 4.78 is 29.0. The van der Waals surface area contributed by atoms with Crippen LogP contribution in [0.1, 0.15) is 27.0 Å². The Bertz CT molecular complexity index is 1510. The van der Waals surface area contributed by atoms with Crippen LogP contribution in [0.15, 0.2) is 97.1 Å². The van der Waals surface area contributed by atoms with E-state index in [1.165, 1.54) is 13.2 Å². The van der Waals surface area contributed by atoms with Gasteiger partial charge in [0.05, 0.1) is 13.7 Å². The number of aliphatic hydroxyl groups excluding tert-OH is 4. The summed E-state index contributed by atoms with van der Waals surface area (Å²) in [7, 11) is 1.43. The summed E-state index contributed by atoms with van der Waals surface area (Å²) in [5.74, 6) is 0.464. The Labute approximate surface area is 254 Å². The van der Waals surface area contributed by atoms with Gasteiger partial charge in [-0.2, -0.15) is 0 Å². The van der Waals surface area contributed by atoms with E-state index in [2.05, 4.69) is 0 Å². The molecule has 0 radical (unpaired) electrons. The van der Waals surface area contributed by atoms with Crippen molar-refractivity contribution in [3.05, 3.63) is 119 Å². The fourth-order valence-electron chi connectivity index (χ4n) is 4.73. The first kappa shape index (κ1) is 31.0. The Morgan fingerprint density at radius 3 is 1.91 bits per heavy atom. The van der Waals surface area contributed by atoms with E-state index in [-0.39, 0.29) is 29.4 Å². The number of carbonyl (C=O) groups is 1. The maximum absolute atomic E-state index is 14.1. The molecular weight excluding hydrogens is 568 g/mol. The number of aliphatic hydroxyl groups is 4. The molecule has 5 rings (SSSR count). The van der Waals surface area contributed by atoms with Gasteiger partial charge >= 0.3 is 0 Å². The lowest BCUT2D eigenvalue weighted by molar-refractivity contribution is -0.277. The molecule has 230 valence electrons. The number of carbonyl (C=O) groups excluding carboxylic acids is 1. The van der Waals surface area contributed by atoms with Crippen LogP contribution in [0.5, 0.6) is 23.0 Å². The zero-order chi connectivity index (χ0) is 31.1. The van der Waals surface area contributed by atoms with Gasteiger partial charge in [0, 0.05) is 17.7 Å². The Morgan fingerprint density at radius 1 is 0.727 bits per heavy atom. The highest BCUT2D eigenvalue weighted by molar-refractivity contribution is 6.12. The Kier molecular flexibility index (Phi) is 10.1. The molecule has 10 nitrogen and oxygen atoms in total. The highest BCUT2D eigenvalue weighted by atomic mass is 16.7. The van der Waals surface area contributed by atoms with Gasteiger partial charge in [-0.1, -0.05) is 60.7 Å². The molecule has 0 spiro atoms. The molecule has 1 aliphatic heterocycles. The van der Waals surface area contributed by atoms with Gasteiger partial charge in [-0.3, -0.25) is 4.79 Å². The quantitative estimate of drug-likeness (QED) is 0.178. The number of methoxy groups -OCH3 is 1. The molecule has 0 bridgehead atoms. The van der Waals surface area contributed by atoms with Crippen molar-refractivity contribution in [3.63, 3.8) is 0 Å². The number of ether oxygens (including phenoxy) is 5. The van der Waals surface area contributed by atoms with E-state index >= 15 is 0 Å². The Balaban J connectivity index is 1.47. The third-order valence-electron chi connectivity index (χ3n) is 7.20. The van der Waals surface area contributed by atoms with E-state index in [1.807, 2.05) is 60.7 Å². The Hall–Kier alpha value is -4.45. The average Bonchev–Trinajstić information content (AvgIpc) is 3.07. The molecule has 44 heavy (non-hydrogen) atoms. The van der Waals surface area contributed by atoms with E-state index in [0.29, 0.717) is 17.9 Å². The largest absolute Gasteiger partial charge is 0.496 e. The number of hydrogen-bond donors (Lipinski definition) is 4. The topological polar surface area (TPSA) is 144 Å². The first-order chi connectivity index (χ1) is 21.4. The molecule has 0 amide bonds. The number of ketones is 1. The highest BCUT2D eigenvalue weighted by Crippen LogP contribution is 2.38. The van der Waals surface area contributed by atoms with Crippen molar-refractivity contribution < 1.29 is 48.9 Å². The summed E-state index contributed by atoms with van der Waals surface area (Å²) in [6, 6.07) is 28.6. The van der Waals surface area contributed by atoms with Gasteiger partial charge in [-0.05, 0) is 35.4 Å². The van der Waals surface area contributed by atoms with E-state index in [1.54, 1.807) is 30.3 Å². The fraction of sp³-hybridized carbons (Fsp3) is 0.265. The van der Waals surface area contributed by atoms with Crippen LogP contribution in [-0.4, -0.2) is 70.6 Å². The molecule has 10 heteroatoms. The molecule has 4 N–H and O–H groups in total. The molecule has 0 aromatic heterocycles. The van der Waals surface area contributed by atoms with Crippen molar-refractivity contribution in [3.8, 4) is 23.0 Å². The van der Waals surface area contributed by atoms with E-state index < -0.39 is 43.1 Å². The van der Waals surface area contributed by atoms with Crippen molar-refractivity contribution in [2.45, 2.75) is 43.9 Å². The summed E-state index contributed by atoms with van der Waals surface area (Å²) >= 11 is 0. The second-order valence-corrected chi connectivity index (χ2v) is 10.2. The molecule has 0 unspecified atom stereocenters. The van der Waals surface area contributed by atoms with E-state index in [0.717, 1.165) is 11.1 Å². The number of rotatable bonds is 12. The lowest BCUT2D eigenvalue weighted by atomic mass is 9.98. The molecule has 5 atom stereocenters. The van der Waals surface area contributed by atoms with E-state index in [4.69, 9.17) is 23.7 Å². The van der Waals surface area contributed by atoms with Crippen molar-refractivity contribution in [1.29, 1.82) is 0 Å². The van der Waals surface area contributed by atoms with Gasteiger partial charge in [-0.25, -0.2) is 0 Å². The summed E-state index contributed by atoms with van der Waals surface area (Å²) in [6.07, 6.45) is -7.70. The predicted octanol–water partition coefficient (Wildman–Crippen LogP) is 3.26. The third-order valence-corrected chi connectivity index (χ3v) is 7.20. The lowest BCUT2D eigenvalue weighted by Gasteiger charge is -2.39. The molecule has 4 aromatic carbocycles. The summed E-state index contributed by atoms with van der Waals surface area (Å²) in [5.41, 5.74) is 2.16. The monoisotopic (exact) mass is 602 g/mol. The standard InChI is InChI=1S/C34H34O10/c1-40-25-16-26(42-20-22-10-6-3-7-11-22)29(27(17-25)43-34-33(39)32(38)31(37)28(18-35)44-34)30(36)23-12-14-24(15-13-23)41-19-21-8-4-2-5-9-21/h2-17,28,31-35,37-39H,18-20H2,1H3/t28-,31-,32+,33-,34-/m1/s1. The third kappa shape index (κ3) is 7.19. The van der Waals surface area contributed by atoms with Crippen LogP contribution in [0.3, 0.4) is 0 Å². The normalized spacial score (nSPS) is 21.3. The first-order valence-electron chi connectivity index (χ1n) is 14.1. The van der Waals surface area contributed by atoms with Gasteiger partial charge < -0.3 is 44.1 Å². The molecule has 0 aliphatic carbocycles. The molecule has 1 saturated heterocycles. The zero-order valence-corrected chi connectivity index (χ0v) is 24.0. The fourth-order valence-corrected chi connectivity index (χ4v) is 4.73. The Morgan fingerprint density at radius 2 is 1.32 bits per heavy atom. The van der Waals surface area contributed by atoms with Crippen molar-refractivity contribution in [2.24, 2.45) is 0 Å². The maximum atomic E-state index is 14.1. The van der Waals surface area contributed by atoms with Gasteiger partial charge in [0.2, 0.25) is 12.1 Å². The van der Waals surface area contributed by atoms with Gasteiger partial charge in [0.1, 0.15) is 66.2 Å². The average molecular weight is 603 g/mol. The SMILES string of the molecule is COc1cc(OCc2ccccc2)c(C(=O)c2ccc(OCc3ccccc3)cc2)c(O[C@@H]2O[C@H](CO)[C@@H](O)[C@H](O)[C@H]2O)c1. The summed E-state index contributed by atoms with van der Waals surface area (Å²) in [6.45, 7) is -0.153. The van der Waals surface area contributed by atoms with Gasteiger partial charge in [0.15, 0.2) is 0 Å². The maximum Gasteiger partial charge on any atom is 0.229 e. The number of hydrogen-bond acceptors (Lipinski definition) is 10. The minimum Gasteiger partial charge on any atom is -0.496 e. The smallest absolute Gasteiger partial charge is 0.229 e. The highest BCUT2D eigenvalue weighted by Gasteiger charge is 2.45. The second-order valence-electron chi connectivity index (χ2n) is 10.2. The first-order valence-corrected chi connectivity index (χ1v) is 14.1. The summed E-state index contributed by atoms with van der Waals surface area (Å²) in [5, 5.41) is 40.8.